The summed E-state index contributed by atoms with van der Waals surface area (Å²) in [6.45, 7) is 9.32. The Hall–Kier alpha value is -6.23. The molecule has 3 nitrogen and oxygen atoms in total. The third-order valence-electron chi connectivity index (χ3n) is 11.3. The molecule has 0 spiro atoms. The van der Waals surface area contributed by atoms with Crippen molar-refractivity contribution >= 4 is 33.6 Å². The molecule has 264 valence electrons. The van der Waals surface area contributed by atoms with Gasteiger partial charge in [-0.3, -0.25) is 0 Å². The maximum absolute atomic E-state index is 5.19. The van der Waals surface area contributed by atoms with E-state index in [1.165, 1.54) is 65.0 Å². The summed E-state index contributed by atoms with van der Waals surface area (Å²) < 4.78 is 2.50. The van der Waals surface area contributed by atoms with Gasteiger partial charge in [0.2, 0.25) is 0 Å². The van der Waals surface area contributed by atoms with Crippen LogP contribution in [-0.4, -0.2) is 14.5 Å². The van der Waals surface area contributed by atoms with E-state index in [9.17, 15) is 0 Å². The van der Waals surface area contributed by atoms with Crippen LogP contribution < -0.4 is 0 Å². The van der Waals surface area contributed by atoms with E-state index in [0.29, 0.717) is 5.82 Å². The first-order chi connectivity index (χ1) is 26.9. The van der Waals surface area contributed by atoms with E-state index in [1.54, 1.807) is 0 Å². The van der Waals surface area contributed by atoms with Crippen LogP contribution in [0.15, 0.2) is 174 Å². The Kier molecular flexibility index (Phi) is 7.86. The molecule has 10 rings (SSSR count). The average molecular weight is 726 g/mol. The van der Waals surface area contributed by atoms with E-state index in [4.69, 9.17) is 9.97 Å². The Bertz CT molecular complexity index is 2880. The minimum absolute atomic E-state index is 0.257. The van der Waals surface area contributed by atoms with Crippen molar-refractivity contribution in [2.24, 2.45) is 0 Å². The molecule has 9 aromatic rings. The maximum atomic E-state index is 5.19. The van der Waals surface area contributed by atoms with Crippen molar-refractivity contribution in [3.63, 3.8) is 0 Å². The SMILES string of the molecule is Cc1ccccc1Sc1c(C)ccc2c1C(C)(C)c1c-2ccc2c3ccccc3n(-c3cccc(-c4cc(-c5ccccc5)nc(-c5ccccc5)n4)c3)c12. The predicted molar refractivity (Wildman–Crippen MR) is 230 cm³/mol. The van der Waals surface area contributed by atoms with Gasteiger partial charge in [-0.25, -0.2) is 9.97 Å². The molecule has 0 unspecified atom stereocenters. The Balaban J connectivity index is 1.19. The molecule has 7 aromatic carbocycles. The van der Waals surface area contributed by atoms with Crippen molar-refractivity contribution in [2.75, 3.05) is 0 Å². The highest BCUT2D eigenvalue weighted by Crippen LogP contribution is 2.56. The predicted octanol–water partition coefficient (Wildman–Crippen LogP) is 13.6. The van der Waals surface area contributed by atoms with Gasteiger partial charge in [-0.1, -0.05) is 159 Å². The van der Waals surface area contributed by atoms with Crippen LogP contribution in [0.4, 0.5) is 0 Å². The molecule has 0 atom stereocenters. The number of hydrogen-bond donors (Lipinski definition) is 0. The molecule has 0 aliphatic heterocycles. The van der Waals surface area contributed by atoms with Crippen LogP contribution in [0.3, 0.4) is 0 Å². The van der Waals surface area contributed by atoms with Crippen LogP contribution in [-0.2, 0) is 5.41 Å². The number of aryl methyl sites for hydroxylation is 2. The third-order valence-corrected chi connectivity index (χ3v) is 12.7. The zero-order valence-corrected chi connectivity index (χ0v) is 32.2. The molecule has 55 heavy (non-hydrogen) atoms. The number of aromatic nitrogens is 3. The van der Waals surface area contributed by atoms with Gasteiger partial charge in [-0.05, 0) is 77.6 Å². The zero-order valence-electron chi connectivity index (χ0n) is 31.3. The van der Waals surface area contributed by atoms with Crippen LogP contribution in [0.1, 0.15) is 36.1 Å². The van der Waals surface area contributed by atoms with Gasteiger partial charge in [0.15, 0.2) is 5.82 Å². The first-order valence-corrected chi connectivity index (χ1v) is 19.7. The van der Waals surface area contributed by atoms with Gasteiger partial charge < -0.3 is 4.57 Å². The highest BCUT2D eigenvalue weighted by Gasteiger charge is 2.41. The second kappa shape index (κ2) is 13.0. The Morgan fingerprint density at radius 2 is 1.15 bits per heavy atom. The minimum atomic E-state index is -0.257. The number of hydrogen-bond acceptors (Lipinski definition) is 3. The fourth-order valence-corrected chi connectivity index (χ4v) is 9.92. The second-order valence-electron chi connectivity index (χ2n) is 15.1. The number of para-hydroxylation sites is 1. The molecule has 2 heterocycles. The Labute approximate surface area is 326 Å². The van der Waals surface area contributed by atoms with Crippen molar-refractivity contribution in [2.45, 2.75) is 42.9 Å². The molecule has 0 radical (unpaired) electrons. The quantitative estimate of drug-likeness (QED) is 0.171. The molecule has 0 amide bonds. The lowest BCUT2D eigenvalue weighted by atomic mass is 9.81. The molecule has 1 aliphatic rings. The summed E-state index contributed by atoms with van der Waals surface area (Å²) in [4.78, 5) is 12.9. The molecule has 2 aromatic heterocycles. The van der Waals surface area contributed by atoms with E-state index in [1.807, 2.05) is 36.0 Å². The van der Waals surface area contributed by atoms with Gasteiger partial charge in [0.1, 0.15) is 0 Å². The van der Waals surface area contributed by atoms with Crippen LogP contribution in [0, 0.1) is 13.8 Å². The summed E-state index contributed by atoms with van der Waals surface area (Å²) in [5.41, 5.74) is 16.2. The average Bonchev–Trinajstić information content (AvgIpc) is 3.68. The summed E-state index contributed by atoms with van der Waals surface area (Å²) >= 11 is 1.91. The first kappa shape index (κ1) is 33.3. The number of benzene rings is 7. The summed E-state index contributed by atoms with van der Waals surface area (Å²) in [5, 5.41) is 2.52. The topological polar surface area (TPSA) is 30.7 Å². The highest BCUT2D eigenvalue weighted by atomic mass is 32.2. The monoisotopic (exact) mass is 725 g/mol. The number of nitrogens with zero attached hydrogens (tertiary/aromatic N) is 3. The molecule has 0 saturated carbocycles. The standard InChI is InChI=1S/C51H39N3S/c1-32-16-11-14-25-45(32)55-49-33(2)26-27-40-39-28-29-41-38-23-12-13-24-44(38)54(48(41)46(39)51(3,4)47(40)49)37-22-15-21-36(30-37)43-31-42(34-17-7-5-8-18-34)52-50(53-43)35-19-9-6-10-20-35/h5-31H,1-4H3. The smallest absolute Gasteiger partial charge is 0.160 e. The van der Waals surface area contributed by atoms with E-state index in [0.717, 1.165) is 33.8 Å². The first-order valence-electron chi connectivity index (χ1n) is 18.9. The fourth-order valence-electron chi connectivity index (χ4n) is 8.62. The molecule has 0 bridgehead atoms. The van der Waals surface area contributed by atoms with E-state index in [-0.39, 0.29) is 5.41 Å². The molecule has 4 heteroatoms. The van der Waals surface area contributed by atoms with Crippen LogP contribution in [0.5, 0.6) is 0 Å². The highest BCUT2D eigenvalue weighted by molar-refractivity contribution is 7.99. The van der Waals surface area contributed by atoms with Gasteiger partial charge in [-0.15, -0.1) is 0 Å². The van der Waals surface area contributed by atoms with Crippen molar-refractivity contribution in [1.82, 2.24) is 14.5 Å². The summed E-state index contributed by atoms with van der Waals surface area (Å²) in [6.07, 6.45) is 0. The van der Waals surface area contributed by atoms with Crippen molar-refractivity contribution in [1.29, 1.82) is 0 Å². The molecule has 1 aliphatic carbocycles. The molecular formula is C51H39N3S. The minimum Gasteiger partial charge on any atom is -0.309 e. The van der Waals surface area contributed by atoms with Gasteiger partial charge in [-0.2, -0.15) is 0 Å². The number of rotatable bonds is 6. The summed E-state index contributed by atoms with van der Waals surface area (Å²) in [5.74, 6) is 0.714. The lowest BCUT2D eigenvalue weighted by molar-refractivity contribution is 0.649. The lowest BCUT2D eigenvalue weighted by Gasteiger charge is -2.27. The van der Waals surface area contributed by atoms with Crippen molar-refractivity contribution in [3.05, 3.63) is 186 Å². The molecule has 0 fully saturated rings. The van der Waals surface area contributed by atoms with Crippen LogP contribution in [0.2, 0.25) is 0 Å². The van der Waals surface area contributed by atoms with E-state index >= 15 is 0 Å². The third kappa shape index (κ3) is 5.43. The van der Waals surface area contributed by atoms with Crippen LogP contribution in [0.25, 0.3) is 72.5 Å². The van der Waals surface area contributed by atoms with Crippen molar-refractivity contribution < 1.29 is 0 Å². The Morgan fingerprint density at radius 3 is 1.93 bits per heavy atom. The van der Waals surface area contributed by atoms with Crippen molar-refractivity contribution in [3.8, 4) is 50.7 Å². The number of fused-ring (bicyclic) bond motifs is 7. The fraction of sp³-hybridized carbons (Fsp3) is 0.0980. The van der Waals surface area contributed by atoms with Gasteiger partial charge in [0, 0.05) is 48.4 Å². The van der Waals surface area contributed by atoms with E-state index < -0.39 is 0 Å². The van der Waals surface area contributed by atoms with Gasteiger partial charge in [0.05, 0.1) is 22.4 Å². The largest absolute Gasteiger partial charge is 0.309 e. The maximum Gasteiger partial charge on any atom is 0.160 e. The summed E-state index contributed by atoms with van der Waals surface area (Å²) in [6, 6.07) is 58.6. The van der Waals surface area contributed by atoms with Gasteiger partial charge in [0.25, 0.3) is 0 Å². The molecular weight excluding hydrogens is 687 g/mol. The lowest BCUT2D eigenvalue weighted by Crippen LogP contribution is -2.18. The Morgan fingerprint density at radius 1 is 0.509 bits per heavy atom. The molecule has 0 N–H and O–H groups in total. The normalized spacial score (nSPS) is 12.9. The zero-order chi connectivity index (χ0) is 37.3. The van der Waals surface area contributed by atoms with Crippen LogP contribution >= 0.6 is 11.8 Å². The van der Waals surface area contributed by atoms with E-state index in [2.05, 4.69) is 172 Å². The molecule has 0 saturated heterocycles. The van der Waals surface area contributed by atoms with Gasteiger partial charge >= 0.3 is 0 Å². The summed E-state index contributed by atoms with van der Waals surface area (Å²) in [7, 11) is 0. The second-order valence-corrected chi connectivity index (χ2v) is 16.2.